The van der Waals surface area contributed by atoms with Gasteiger partial charge in [-0.3, -0.25) is 0 Å². The van der Waals surface area contributed by atoms with Crippen LogP contribution in [0, 0.1) is 0 Å². The zero-order valence-corrected chi connectivity index (χ0v) is 10.4. The maximum atomic E-state index is 11.1. The third-order valence-electron chi connectivity index (χ3n) is 1.43. The molecule has 0 fully saturated rings. The van der Waals surface area contributed by atoms with Gasteiger partial charge in [0.05, 0.1) is 12.6 Å². The lowest BCUT2D eigenvalue weighted by atomic mass is 10.4. The quantitative estimate of drug-likeness (QED) is 0.922. The second kappa shape index (κ2) is 5.36. The van der Waals surface area contributed by atoms with E-state index in [4.69, 9.17) is 4.74 Å². The minimum absolute atomic E-state index is 0.0817. The highest BCUT2D eigenvalue weighted by Gasteiger charge is 2.06. The van der Waals surface area contributed by atoms with Gasteiger partial charge in [-0.25, -0.2) is 4.79 Å². The largest absolute Gasteiger partial charge is 0.447 e. The van der Waals surface area contributed by atoms with Crippen LogP contribution in [0.3, 0.4) is 0 Å². The average molecular weight is 278 g/mol. The lowest BCUT2D eigenvalue weighted by molar-refractivity contribution is 0.115. The van der Waals surface area contributed by atoms with E-state index in [1.807, 2.05) is 25.3 Å². The van der Waals surface area contributed by atoms with Crippen molar-refractivity contribution in [1.29, 1.82) is 0 Å². The van der Waals surface area contributed by atoms with Crippen molar-refractivity contribution in [2.75, 3.05) is 0 Å². The molecule has 0 spiro atoms. The Morgan fingerprint density at radius 3 is 2.93 bits per heavy atom. The molecule has 1 N–H and O–H groups in total. The summed E-state index contributed by atoms with van der Waals surface area (Å²) in [6, 6.07) is 1.95. The van der Waals surface area contributed by atoms with E-state index in [-0.39, 0.29) is 12.2 Å². The molecule has 0 unspecified atom stereocenters. The standard InChI is InChI=1S/C9H12BrNO2S/c1-6(2)13-9(12)11-5-8-7(10)3-4-14-8/h3-4,6H,5H2,1-2H3,(H,11,12). The van der Waals surface area contributed by atoms with Crippen LogP contribution in [0.4, 0.5) is 4.79 Å². The van der Waals surface area contributed by atoms with Gasteiger partial charge in [0.25, 0.3) is 0 Å². The Balaban J connectivity index is 2.34. The second-order valence-corrected chi connectivity index (χ2v) is 4.85. The van der Waals surface area contributed by atoms with Gasteiger partial charge in [0.2, 0.25) is 0 Å². The Morgan fingerprint density at radius 1 is 1.71 bits per heavy atom. The maximum absolute atomic E-state index is 11.1. The Kier molecular flexibility index (Phi) is 4.41. The number of ether oxygens (including phenoxy) is 1. The van der Waals surface area contributed by atoms with Gasteiger partial charge in [0.1, 0.15) is 0 Å². The first-order chi connectivity index (χ1) is 6.59. The van der Waals surface area contributed by atoms with E-state index in [0.29, 0.717) is 6.54 Å². The van der Waals surface area contributed by atoms with Crippen LogP contribution in [0.25, 0.3) is 0 Å². The summed E-state index contributed by atoms with van der Waals surface area (Å²) >= 11 is 4.98. The SMILES string of the molecule is CC(C)OC(=O)NCc1sccc1Br. The van der Waals surface area contributed by atoms with Crippen LogP contribution in [0.1, 0.15) is 18.7 Å². The fraction of sp³-hybridized carbons (Fsp3) is 0.444. The van der Waals surface area contributed by atoms with Gasteiger partial charge in [0, 0.05) is 9.35 Å². The number of carbonyl (C=O) groups is 1. The molecule has 3 nitrogen and oxygen atoms in total. The van der Waals surface area contributed by atoms with E-state index in [2.05, 4.69) is 21.2 Å². The highest BCUT2D eigenvalue weighted by molar-refractivity contribution is 9.10. The molecule has 0 saturated carbocycles. The van der Waals surface area contributed by atoms with E-state index in [9.17, 15) is 4.79 Å². The third-order valence-corrected chi connectivity index (χ3v) is 3.35. The fourth-order valence-electron chi connectivity index (χ4n) is 0.859. The number of nitrogens with one attached hydrogen (secondary N) is 1. The highest BCUT2D eigenvalue weighted by Crippen LogP contribution is 2.22. The van der Waals surface area contributed by atoms with Gasteiger partial charge in [-0.1, -0.05) is 0 Å². The summed E-state index contributed by atoms with van der Waals surface area (Å²) in [5.41, 5.74) is 0. The molecule has 14 heavy (non-hydrogen) atoms. The number of amides is 1. The Labute approximate surface area is 95.6 Å². The van der Waals surface area contributed by atoms with Crippen molar-refractivity contribution >= 4 is 33.4 Å². The Bertz CT molecular complexity index is 312. The summed E-state index contributed by atoms with van der Waals surface area (Å²) in [7, 11) is 0. The number of alkyl carbamates (subject to hydrolysis) is 1. The highest BCUT2D eigenvalue weighted by atomic mass is 79.9. The predicted octanol–water partition coefficient (Wildman–Crippen LogP) is 3.15. The fourth-order valence-corrected chi connectivity index (χ4v) is 2.29. The molecule has 78 valence electrons. The molecule has 0 aliphatic carbocycles. The first-order valence-electron chi connectivity index (χ1n) is 4.26. The van der Waals surface area contributed by atoms with Crippen molar-refractivity contribution in [3.05, 3.63) is 20.8 Å². The van der Waals surface area contributed by atoms with Gasteiger partial charge in [0.15, 0.2) is 0 Å². The Morgan fingerprint density at radius 2 is 2.43 bits per heavy atom. The Hall–Kier alpha value is -0.550. The zero-order valence-electron chi connectivity index (χ0n) is 8.04. The molecule has 0 radical (unpaired) electrons. The molecule has 1 rings (SSSR count). The minimum atomic E-state index is -0.375. The first-order valence-corrected chi connectivity index (χ1v) is 5.93. The normalized spacial score (nSPS) is 10.3. The number of thiophene rings is 1. The van der Waals surface area contributed by atoms with Crippen molar-refractivity contribution in [3.8, 4) is 0 Å². The topological polar surface area (TPSA) is 38.3 Å². The van der Waals surface area contributed by atoms with E-state index in [1.165, 1.54) is 0 Å². The van der Waals surface area contributed by atoms with Crippen LogP contribution in [-0.4, -0.2) is 12.2 Å². The van der Waals surface area contributed by atoms with Crippen LogP contribution in [0.2, 0.25) is 0 Å². The molecule has 0 aliphatic rings. The molecular formula is C9H12BrNO2S. The lowest BCUT2D eigenvalue weighted by Crippen LogP contribution is -2.26. The van der Waals surface area contributed by atoms with Crippen molar-refractivity contribution in [2.24, 2.45) is 0 Å². The molecule has 5 heteroatoms. The van der Waals surface area contributed by atoms with Crippen LogP contribution < -0.4 is 5.32 Å². The van der Waals surface area contributed by atoms with Crippen molar-refractivity contribution < 1.29 is 9.53 Å². The molecule has 1 aromatic heterocycles. The molecule has 0 saturated heterocycles. The first kappa shape index (κ1) is 11.5. The van der Waals surface area contributed by atoms with Crippen LogP contribution in [0.15, 0.2) is 15.9 Å². The molecule has 0 aromatic carbocycles. The van der Waals surface area contributed by atoms with Crippen LogP contribution >= 0.6 is 27.3 Å². The van der Waals surface area contributed by atoms with Crippen LogP contribution in [0.5, 0.6) is 0 Å². The van der Waals surface area contributed by atoms with Gasteiger partial charge in [-0.2, -0.15) is 0 Å². The summed E-state index contributed by atoms with van der Waals surface area (Å²) < 4.78 is 5.95. The third kappa shape index (κ3) is 3.67. The van der Waals surface area contributed by atoms with Crippen molar-refractivity contribution in [1.82, 2.24) is 5.32 Å². The number of hydrogen-bond acceptors (Lipinski definition) is 3. The van der Waals surface area contributed by atoms with Gasteiger partial charge in [-0.15, -0.1) is 11.3 Å². The summed E-state index contributed by atoms with van der Waals surface area (Å²) in [6.45, 7) is 4.14. The van der Waals surface area contributed by atoms with Crippen molar-refractivity contribution in [3.63, 3.8) is 0 Å². The average Bonchev–Trinajstić information content (AvgIpc) is 2.46. The molecule has 1 amide bonds. The van der Waals surface area contributed by atoms with Crippen LogP contribution in [-0.2, 0) is 11.3 Å². The minimum Gasteiger partial charge on any atom is -0.447 e. The number of hydrogen-bond donors (Lipinski definition) is 1. The monoisotopic (exact) mass is 277 g/mol. The zero-order chi connectivity index (χ0) is 10.6. The maximum Gasteiger partial charge on any atom is 0.407 e. The van der Waals surface area contributed by atoms with Crippen molar-refractivity contribution in [2.45, 2.75) is 26.5 Å². The van der Waals surface area contributed by atoms with Gasteiger partial charge < -0.3 is 10.1 Å². The molecule has 0 bridgehead atoms. The summed E-state index contributed by atoms with van der Waals surface area (Å²) in [4.78, 5) is 12.2. The summed E-state index contributed by atoms with van der Waals surface area (Å²) in [6.07, 6.45) is -0.456. The molecule has 1 heterocycles. The summed E-state index contributed by atoms with van der Waals surface area (Å²) in [5, 5.41) is 4.64. The smallest absolute Gasteiger partial charge is 0.407 e. The second-order valence-electron chi connectivity index (χ2n) is 3.00. The van der Waals surface area contributed by atoms with Gasteiger partial charge in [-0.05, 0) is 41.2 Å². The van der Waals surface area contributed by atoms with Gasteiger partial charge >= 0.3 is 6.09 Å². The molecule has 1 aromatic rings. The molecular weight excluding hydrogens is 266 g/mol. The van der Waals surface area contributed by atoms with E-state index < -0.39 is 0 Å². The number of carbonyl (C=O) groups excluding carboxylic acids is 1. The van der Waals surface area contributed by atoms with E-state index in [1.54, 1.807) is 11.3 Å². The predicted molar refractivity (Wildman–Crippen MR) is 60.5 cm³/mol. The summed E-state index contributed by atoms with van der Waals surface area (Å²) in [5.74, 6) is 0. The van der Waals surface area contributed by atoms with E-state index >= 15 is 0 Å². The number of rotatable bonds is 3. The molecule has 0 atom stereocenters. The lowest BCUT2D eigenvalue weighted by Gasteiger charge is -2.08. The number of halogens is 1. The van der Waals surface area contributed by atoms with E-state index in [0.717, 1.165) is 9.35 Å². The molecule has 0 aliphatic heterocycles.